The van der Waals surface area contributed by atoms with Crippen LogP contribution in [0.2, 0.25) is 0 Å². The molecule has 2 aromatic rings. The third-order valence-electron chi connectivity index (χ3n) is 5.86. The van der Waals surface area contributed by atoms with E-state index in [0.29, 0.717) is 22.8 Å². The van der Waals surface area contributed by atoms with Crippen LogP contribution in [0.25, 0.3) is 0 Å². The molecule has 160 valence electrons. The highest BCUT2D eigenvalue weighted by atomic mass is 16.5. The lowest BCUT2D eigenvalue weighted by atomic mass is 10.0. The lowest BCUT2D eigenvalue weighted by Gasteiger charge is -2.32. The summed E-state index contributed by atoms with van der Waals surface area (Å²) in [5.41, 5.74) is 1.07. The van der Waals surface area contributed by atoms with Crippen LogP contribution in [0.15, 0.2) is 30.5 Å². The first-order valence-electron chi connectivity index (χ1n) is 10.5. The van der Waals surface area contributed by atoms with E-state index < -0.39 is 6.04 Å². The van der Waals surface area contributed by atoms with Crippen LogP contribution >= 0.6 is 0 Å². The summed E-state index contributed by atoms with van der Waals surface area (Å²) in [4.78, 5) is 28.5. The molecule has 0 saturated heterocycles. The number of methoxy groups -OCH3 is 2. The zero-order valence-corrected chi connectivity index (χ0v) is 17.4. The number of aromatic nitrogens is 2. The quantitative estimate of drug-likeness (QED) is 0.695. The summed E-state index contributed by atoms with van der Waals surface area (Å²) >= 11 is 0. The van der Waals surface area contributed by atoms with E-state index in [1.165, 1.54) is 0 Å². The van der Waals surface area contributed by atoms with Crippen molar-refractivity contribution in [3.05, 3.63) is 41.7 Å². The summed E-state index contributed by atoms with van der Waals surface area (Å²) in [6.07, 6.45) is 7.48. The monoisotopic (exact) mass is 412 g/mol. The normalized spacial score (nSPS) is 17.4. The molecule has 30 heavy (non-hydrogen) atoms. The van der Waals surface area contributed by atoms with Crippen LogP contribution in [0, 0.1) is 0 Å². The van der Waals surface area contributed by atoms with Gasteiger partial charge in [-0.2, -0.15) is 5.10 Å². The maximum Gasteiger partial charge on any atom is 0.273 e. The number of hydrogen-bond acceptors (Lipinski definition) is 5. The molecule has 2 N–H and O–H groups in total. The Labute approximate surface area is 175 Å². The van der Waals surface area contributed by atoms with Crippen molar-refractivity contribution in [2.75, 3.05) is 14.2 Å². The number of H-pyrrole nitrogens is 1. The van der Waals surface area contributed by atoms with E-state index in [2.05, 4.69) is 15.5 Å². The molecule has 1 unspecified atom stereocenters. The third-order valence-corrected chi connectivity index (χ3v) is 5.86. The summed E-state index contributed by atoms with van der Waals surface area (Å²) in [7, 11) is 3.13. The number of ether oxygens (including phenoxy) is 2. The van der Waals surface area contributed by atoms with E-state index in [1.54, 1.807) is 43.5 Å². The molecule has 2 aliphatic rings. The zero-order chi connectivity index (χ0) is 21.1. The second-order valence-electron chi connectivity index (χ2n) is 7.92. The molecule has 2 amide bonds. The molecule has 0 spiro atoms. The lowest BCUT2D eigenvalue weighted by Crippen LogP contribution is -2.47. The molecule has 2 saturated carbocycles. The van der Waals surface area contributed by atoms with Gasteiger partial charge in [0.2, 0.25) is 5.91 Å². The first kappa shape index (κ1) is 20.3. The molecule has 1 aromatic heterocycles. The van der Waals surface area contributed by atoms with Crippen LogP contribution in [0.4, 0.5) is 0 Å². The fraction of sp³-hybridized carbons (Fsp3) is 0.500. The van der Waals surface area contributed by atoms with Gasteiger partial charge >= 0.3 is 0 Å². The minimum Gasteiger partial charge on any atom is -0.493 e. The molecule has 1 heterocycles. The number of hydrogen-bond donors (Lipinski definition) is 2. The van der Waals surface area contributed by atoms with Gasteiger partial charge in [0.1, 0.15) is 11.7 Å². The van der Waals surface area contributed by atoms with Crippen LogP contribution in [0.3, 0.4) is 0 Å². The van der Waals surface area contributed by atoms with Crippen LogP contribution < -0.4 is 14.8 Å². The first-order valence-corrected chi connectivity index (χ1v) is 10.5. The maximum atomic E-state index is 13.5. The Kier molecular flexibility index (Phi) is 5.92. The van der Waals surface area contributed by atoms with E-state index in [-0.39, 0.29) is 23.9 Å². The van der Waals surface area contributed by atoms with E-state index in [1.807, 2.05) is 6.07 Å². The lowest BCUT2D eigenvalue weighted by molar-refractivity contribution is -0.126. The van der Waals surface area contributed by atoms with Crippen LogP contribution in [0.5, 0.6) is 11.5 Å². The van der Waals surface area contributed by atoms with Crippen molar-refractivity contribution in [1.29, 1.82) is 0 Å². The van der Waals surface area contributed by atoms with Crippen molar-refractivity contribution in [2.45, 2.75) is 56.7 Å². The molecule has 4 rings (SSSR count). The predicted molar refractivity (Wildman–Crippen MR) is 110 cm³/mol. The van der Waals surface area contributed by atoms with Gasteiger partial charge in [-0.3, -0.25) is 14.7 Å². The van der Waals surface area contributed by atoms with Gasteiger partial charge in [0.05, 0.1) is 14.2 Å². The van der Waals surface area contributed by atoms with Crippen molar-refractivity contribution >= 4 is 11.8 Å². The Morgan fingerprint density at radius 1 is 1.10 bits per heavy atom. The molecule has 2 aliphatic carbocycles. The number of aromatic amines is 1. The molecule has 8 heteroatoms. The molecule has 0 radical (unpaired) electrons. The number of carbonyl (C=O) groups is 2. The highest BCUT2D eigenvalue weighted by Crippen LogP contribution is 2.39. The summed E-state index contributed by atoms with van der Waals surface area (Å²) in [5.74, 6) is 0.720. The highest BCUT2D eigenvalue weighted by molar-refractivity contribution is 5.97. The largest absolute Gasteiger partial charge is 0.493 e. The summed E-state index contributed by atoms with van der Waals surface area (Å²) in [6, 6.07) is 6.45. The minimum absolute atomic E-state index is 0.0215. The Morgan fingerprint density at radius 3 is 2.43 bits per heavy atom. The molecule has 0 aliphatic heterocycles. The van der Waals surface area contributed by atoms with Crippen LogP contribution in [-0.4, -0.2) is 53.2 Å². The van der Waals surface area contributed by atoms with Crippen molar-refractivity contribution in [3.8, 4) is 11.5 Å². The van der Waals surface area contributed by atoms with Gasteiger partial charge in [-0.15, -0.1) is 0 Å². The number of nitrogens with zero attached hydrogens (tertiary/aromatic N) is 2. The number of rotatable bonds is 8. The van der Waals surface area contributed by atoms with Crippen molar-refractivity contribution in [2.24, 2.45) is 0 Å². The summed E-state index contributed by atoms with van der Waals surface area (Å²) in [5, 5.41) is 9.82. The smallest absolute Gasteiger partial charge is 0.273 e. The topological polar surface area (TPSA) is 96.5 Å². The van der Waals surface area contributed by atoms with E-state index in [0.717, 1.165) is 38.5 Å². The summed E-state index contributed by atoms with van der Waals surface area (Å²) < 4.78 is 10.8. The molecule has 2 fully saturated rings. The Bertz CT molecular complexity index is 889. The highest BCUT2D eigenvalue weighted by Gasteiger charge is 2.42. The molecular weight excluding hydrogens is 384 g/mol. The number of amides is 2. The van der Waals surface area contributed by atoms with Crippen LogP contribution in [-0.2, 0) is 4.79 Å². The SMILES string of the molecule is COc1ccc(C(C(=O)NC2CCCC2)N(C(=O)c2ccn[nH]2)C2CC2)cc1OC. The molecule has 0 bridgehead atoms. The number of benzene rings is 1. The van der Waals surface area contributed by atoms with Gasteiger partial charge in [0.15, 0.2) is 11.5 Å². The van der Waals surface area contributed by atoms with E-state index in [4.69, 9.17) is 9.47 Å². The van der Waals surface area contributed by atoms with Gasteiger partial charge in [0, 0.05) is 18.3 Å². The zero-order valence-electron chi connectivity index (χ0n) is 17.4. The fourth-order valence-corrected chi connectivity index (χ4v) is 4.17. The number of carbonyl (C=O) groups excluding carboxylic acids is 2. The van der Waals surface area contributed by atoms with Crippen molar-refractivity contribution < 1.29 is 19.1 Å². The first-order chi connectivity index (χ1) is 14.6. The fourth-order valence-electron chi connectivity index (χ4n) is 4.17. The Balaban J connectivity index is 1.72. The minimum atomic E-state index is -0.756. The summed E-state index contributed by atoms with van der Waals surface area (Å²) in [6.45, 7) is 0. The van der Waals surface area contributed by atoms with Gasteiger partial charge < -0.3 is 19.7 Å². The molecule has 1 atom stereocenters. The van der Waals surface area contributed by atoms with Gasteiger partial charge in [-0.25, -0.2) is 0 Å². The number of nitrogens with one attached hydrogen (secondary N) is 2. The Morgan fingerprint density at radius 2 is 1.83 bits per heavy atom. The molecule has 1 aromatic carbocycles. The third kappa shape index (κ3) is 4.13. The van der Waals surface area contributed by atoms with Gasteiger partial charge in [-0.05, 0) is 49.4 Å². The maximum absolute atomic E-state index is 13.5. The molecule has 8 nitrogen and oxygen atoms in total. The second kappa shape index (κ2) is 8.77. The average Bonchev–Trinajstić information content (AvgIpc) is 3.20. The van der Waals surface area contributed by atoms with Crippen molar-refractivity contribution in [3.63, 3.8) is 0 Å². The van der Waals surface area contributed by atoms with Crippen molar-refractivity contribution in [1.82, 2.24) is 20.4 Å². The van der Waals surface area contributed by atoms with Crippen LogP contribution in [0.1, 0.15) is 60.6 Å². The van der Waals surface area contributed by atoms with Gasteiger partial charge in [0.25, 0.3) is 5.91 Å². The Hall–Kier alpha value is -3.03. The van der Waals surface area contributed by atoms with E-state index in [9.17, 15) is 9.59 Å². The predicted octanol–water partition coefficient (Wildman–Crippen LogP) is 2.83. The van der Waals surface area contributed by atoms with E-state index >= 15 is 0 Å². The standard InChI is InChI=1S/C22H28N4O4/c1-29-18-10-7-14(13-19(18)30-2)20(21(27)24-15-5-3-4-6-15)26(16-8-9-16)22(28)17-11-12-23-25-17/h7,10-13,15-16,20H,3-6,8-9H2,1-2H3,(H,23,25)(H,24,27). The molecular formula is C22H28N4O4. The second-order valence-corrected chi connectivity index (χ2v) is 7.92. The van der Waals surface area contributed by atoms with Gasteiger partial charge in [-0.1, -0.05) is 18.9 Å². The average molecular weight is 412 g/mol.